The topological polar surface area (TPSA) is 62.1 Å². The van der Waals surface area contributed by atoms with Gasteiger partial charge in [0.2, 0.25) is 0 Å². The lowest BCUT2D eigenvalue weighted by Gasteiger charge is -2.39. The zero-order valence-electron chi connectivity index (χ0n) is 13.2. The highest BCUT2D eigenvalue weighted by Gasteiger charge is 2.90. The van der Waals surface area contributed by atoms with Crippen LogP contribution in [0.15, 0.2) is 10.2 Å². The molecule has 0 saturated carbocycles. The lowest BCUT2D eigenvalue weighted by atomic mass is 9.92. The van der Waals surface area contributed by atoms with Crippen LogP contribution in [-0.4, -0.2) is 59.3 Å². The summed E-state index contributed by atoms with van der Waals surface area (Å²) in [7, 11) is 0. The van der Waals surface area contributed by atoms with E-state index < -0.39 is 67.2 Å². The number of hydrogen-bond acceptors (Lipinski definition) is 2. The third-order valence-corrected chi connectivity index (χ3v) is 3.55. The fraction of sp³-hybridized carbons (Fsp3) is 0.818. The lowest BCUT2D eigenvalue weighted by molar-refractivity contribution is -0.440. The number of urea groups is 2. The molecular formula is C11H6F13N3O2. The van der Waals surface area contributed by atoms with Gasteiger partial charge in [-0.05, 0) is 6.42 Å². The molecular weight excluding hydrogens is 453 g/mol. The summed E-state index contributed by atoms with van der Waals surface area (Å²) in [4.78, 5) is 21.8. The predicted octanol–water partition coefficient (Wildman–Crippen LogP) is 5.51. The molecule has 0 saturated heterocycles. The van der Waals surface area contributed by atoms with Crippen LogP contribution >= 0.6 is 0 Å². The van der Waals surface area contributed by atoms with Crippen molar-refractivity contribution in [2.24, 2.45) is 10.2 Å². The van der Waals surface area contributed by atoms with Gasteiger partial charge in [0.15, 0.2) is 0 Å². The number of azo groups is 1. The highest BCUT2D eigenvalue weighted by Crippen LogP contribution is 2.60. The monoisotopic (exact) mass is 459 g/mol. The van der Waals surface area contributed by atoms with Gasteiger partial charge in [0.05, 0.1) is 0 Å². The van der Waals surface area contributed by atoms with Crippen molar-refractivity contribution in [2.75, 3.05) is 6.54 Å². The minimum atomic E-state index is -7.97. The summed E-state index contributed by atoms with van der Waals surface area (Å²) in [5.74, 6) is -37.3. The fourth-order valence-electron chi connectivity index (χ4n) is 1.88. The number of carbonyl (C=O) groups is 2. The third kappa shape index (κ3) is 3.72. The quantitative estimate of drug-likeness (QED) is 0.450. The van der Waals surface area contributed by atoms with E-state index in [-0.39, 0.29) is 4.90 Å². The maximum atomic E-state index is 13.5. The first kappa shape index (κ1) is 24.9. The molecule has 0 aliphatic carbocycles. The number of halogens is 13. The SMILES string of the molecule is O=C1N=NC(=O)N1CCCC(F)(F)C(F)(F)C(F)(F)C(F)(F)C(F)(F)C(F)(F)F. The summed E-state index contributed by atoms with van der Waals surface area (Å²) < 4.78 is 167. The molecule has 1 heterocycles. The molecule has 0 unspecified atom stereocenters. The molecule has 0 aromatic heterocycles. The number of hydrogen-bond donors (Lipinski definition) is 0. The Morgan fingerprint density at radius 2 is 1.00 bits per heavy atom. The van der Waals surface area contributed by atoms with Crippen molar-refractivity contribution in [2.45, 2.75) is 48.6 Å². The normalized spacial score (nSPS) is 17.5. The van der Waals surface area contributed by atoms with E-state index in [2.05, 4.69) is 10.2 Å². The summed E-state index contributed by atoms with van der Waals surface area (Å²) in [6.45, 7) is -1.20. The first-order chi connectivity index (χ1) is 12.6. The molecule has 0 spiro atoms. The van der Waals surface area contributed by atoms with Crippen molar-refractivity contribution >= 4 is 12.1 Å². The summed E-state index contributed by atoms with van der Waals surface area (Å²) >= 11 is 0. The number of amides is 4. The van der Waals surface area contributed by atoms with Crippen LogP contribution in [0.25, 0.3) is 0 Å². The second-order valence-corrected chi connectivity index (χ2v) is 5.52. The summed E-state index contributed by atoms with van der Waals surface area (Å²) in [6, 6.07) is -2.93. The Kier molecular flexibility index (Phi) is 5.97. The Hall–Kier alpha value is -2.17. The second kappa shape index (κ2) is 6.96. The van der Waals surface area contributed by atoms with Crippen molar-refractivity contribution < 1.29 is 66.7 Å². The Morgan fingerprint density at radius 3 is 1.38 bits per heavy atom. The molecule has 4 amide bonds. The number of alkyl halides is 13. The van der Waals surface area contributed by atoms with E-state index in [4.69, 9.17) is 0 Å². The molecule has 1 rings (SSSR count). The molecule has 1 aliphatic rings. The third-order valence-electron chi connectivity index (χ3n) is 3.55. The number of carbonyl (C=O) groups excluding carboxylic acids is 2. The Balaban J connectivity index is 3.09. The summed E-state index contributed by atoms with van der Waals surface area (Å²) in [5.41, 5.74) is 0. The highest BCUT2D eigenvalue weighted by atomic mass is 19.4. The molecule has 0 fully saturated rings. The van der Waals surface area contributed by atoms with E-state index in [0.717, 1.165) is 0 Å². The molecule has 1 aliphatic heterocycles. The summed E-state index contributed by atoms with van der Waals surface area (Å²) in [5, 5.41) is 5.20. The first-order valence-electron chi connectivity index (χ1n) is 6.88. The molecule has 0 radical (unpaired) electrons. The van der Waals surface area contributed by atoms with Gasteiger partial charge in [-0.3, -0.25) is 0 Å². The molecule has 168 valence electrons. The summed E-state index contributed by atoms with van der Waals surface area (Å²) in [6.07, 6.45) is -11.5. The molecule has 0 aromatic rings. The zero-order chi connectivity index (χ0) is 23.3. The molecule has 0 aromatic carbocycles. The minimum Gasteiger partial charge on any atom is -0.244 e. The largest absolute Gasteiger partial charge is 0.460 e. The lowest BCUT2D eigenvalue weighted by Crippen LogP contribution is -2.70. The van der Waals surface area contributed by atoms with Gasteiger partial charge in [0.25, 0.3) is 0 Å². The molecule has 18 heteroatoms. The van der Waals surface area contributed by atoms with Crippen LogP contribution in [0.5, 0.6) is 0 Å². The van der Waals surface area contributed by atoms with Gasteiger partial charge >= 0.3 is 47.9 Å². The smallest absolute Gasteiger partial charge is 0.244 e. The number of nitrogens with zero attached hydrogens (tertiary/aromatic N) is 3. The number of imide groups is 1. The molecule has 5 nitrogen and oxygen atoms in total. The van der Waals surface area contributed by atoms with Crippen LogP contribution in [0.1, 0.15) is 12.8 Å². The Morgan fingerprint density at radius 1 is 0.621 bits per heavy atom. The van der Waals surface area contributed by atoms with E-state index in [0.29, 0.717) is 0 Å². The van der Waals surface area contributed by atoms with Gasteiger partial charge in [0, 0.05) is 13.0 Å². The zero-order valence-corrected chi connectivity index (χ0v) is 13.2. The van der Waals surface area contributed by atoms with Crippen molar-refractivity contribution in [1.82, 2.24) is 4.90 Å². The highest BCUT2D eigenvalue weighted by molar-refractivity contribution is 5.98. The van der Waals surface area contributed by atoms with Crippen LogP contribution in [-0.2, 0) is 0 Å². The number of rotatable bonds is 8. The van der Waals surface area contributed by atoms with Crippen LogP contribution in [0.4, 0.5) is 66.7 Å². The van der Waals surface area contributed by atoms with E-state index >= 15 is 0 Å². The van der Waals surface area contributed by atoms with Crippen molar-refractivity contribution in [3.8, 4) is 0 Å². The van der Waals surface area contributed by atoms with E-state index in [1.807, 2.05) is 0 Å². The van der Waals surface area contributed by atoms with Gasteiger partial charge < -0.3 is 0 Å². The van der Waals surface area contributed by atoms with Crippen molar-refractivity contribution in [3.63, 3.8) is 0 Å². The molecule has 0 N–H and O–H groups in total. The van der Waals surface area contributed by atoms with Gasteiger partial charge in [-0.2, -0.15) is 57.1 Å². The van der Waals surface area contributed by atoms with Gasteiger partial charge in [-0.15, -0.1) is 0 Å². The minimum absolute atomic E-state index is 0.0429. The Bertz CT molecular complexity index is 683. The van der Waals surface area contributed by atoms with Gasteiger partial charge in [0.1, 0.15) is 0 Å². The maximum absolute atomic E-state index is 13.5. The first-order valence-corrected chi connectivity index (χ1v) is 6.88. The fourth-order valence-corrected chi connectivity index (χ4v) is 1.88. The van der Waals surface area contributed by atoms with Crippen LogP contribution in [0.3, 0.4) is 0 Å². The molecule has 0 bridgehead atoms. The maximum Gasteiger partial charge on any atom is 0.460 e. The van der Waals surface area contributed by atoms with Crippen LogP contribution in [0, 0.1) is 0 Å². The van der Waals surface area contributed by atoms with Gasteiger partial charge in [-0.1, -0.05) is 10.2 Å². The molecule has 0 atom stereocenters. The second-order valence-electron chi connectivity index (χ2n) is 5.52. The van der Waals surface area contributed by atoms with Crippen LogP contribution in [0.2, 0.25) is 0 Å². The van der Waals surface area contributed by atoms with Crippen molar-refractivity contribution in [1.29, 1.82) is 0 Å². The van der Waals surface area contributed by atoms with Crippen molar-refractivity contribution in [3.05, 3.63) is 0 Å². The standard InChI is InChI=1S/C11H6F13N3O2/c12-6(13,2-1-3-27-4(28)25-26-5(27)29)7(14,15)8(16,17)9(18,19)10(20,21)11(22,23)24/h1-3H2. The van der Waals surface area contributed by atoms with Crippen LogP contribution < -0.4 is 0 Å². The average Bonchev–Trinajstić information content (AvgIpc) is 2.84. The molecule has 29 heavy (non-hydrogen) atoms. The predicted molar refractivity (Wildman–Crippen MR) is 62.4 cm³/mol. The van der Waals surface area contributed by atoms with E-state index in [1.165, 1.54) is 0 Å². The van der Waals surface area contributed by atoms with E-state index in [9.17, 15) is 66.7 Å². The van der Waals surface area contributed by atoms with Gasteiger partial charge in [-0.25, -0.2) is 14.5 Å². The average molecular weight is 459 g/mol. The van der Waals surface area contributed by atoms with E-state index in [1.54, 1.807) is 0 Å². The Labute approximate surface area is 150 Å².